The number of nitrogens with two attached hydrogens (primary N) is 1. The van der Waals surface area contributed by atoms with Gasteiger partial charge >= 0.3 is 0 Å². The van der Waals surface area contributed by atoms with Gasteiger partial charge in [0.2, 0.25) is 0 Å². The highest BCUT2D eigenvalue weighted by molar-refractivity contribution is 5.28. The normalized spacial score (nSPS) is 37.5. The molecule has 5 unspecified atom stereocenters. The SMILES string of the molecule is CC1CCCC(C(N)C2CC2c2ccccc2)(N(C)C)C1. The van der Waals surface area contributed by atoms with Crippen molar-refractivity contribution in [3.05, 3.63) is 35.9 Å². The van der Waals surface area contributed by atoms with E-state index in [1.54, 1.807) is 0 Å². The number of rotatable bonds is 4. The summed E-state index contributed by atoms with van der Waals surface area (Å²) in [4.78, 5) is 2.44. The lowest BCUT2D eigenvalue weighted by molar-refractivity contribution is 0.0427. The van der Waals surface area contributed by atoms with E-state index < -0.39 is 0 Å². The number of benzene rings is 1. The summed E-state index contributed by atoms with van der Waals surface area (Å²) in [5, 5.41) is 0. The van der Waals surface area contributed by atoms with Crippen LogP contribution in [-0.2, 0) is 0 Å². The number of hydrogen-bond acceptors (Lipinski definition) is 2. The number of hydrogen-bond donors (Lipinski definition) is 1. The molecule has 116 valence electrons. The topological polar surface area (TPSA) is 29.3 Å². The maximum atomic E-state index is 6.84. The molecule has 2 heteroatoms. The van der Waals surface area contributed by atoms with Gasteiger partial charge in [-0.3, -0.25) is 0 Å². The third-order valence-electron chi connectivity index (χ3n) is 6.05. The van der Waals surface area contributed by atoms with Crippen LogP contribution in [0.3, 0.4) is 0 Å². The quantitative estimate of drug-likeness (QED) is 0.916. The van der Waals surface area contributed by atoms with Crippen molar-refractivity contribution in [2.24, 2.45) is 17.6 Å². The fraction of sp³-hybridized carbons (Fsp3) is 0.684. The molecule has 3 rings (SSSR count). The summed E-state index contributed by atoms with van der Waals surface area (Å²) >= 11 is 0. The van der Waals surface area contributed by atoms with Gasteiger partial charge in [-0.2, -0.15) is 0 Å². The van der Waals surface area contributed by atoms with Gasteiger partial charge in [0, 0.05) is 11.6 Å². The molecule has 2 aliphatic carbocycles. The Hall–Kier alpha value is -0.860. The first-order chi connectivity index (χ1) is 10.0. The molecule has 0 aromatic heterocycles. The van der Waals surface area contributed by atoms with E-state index in [1.165, 1.54) is 37.7 Å². The summed E-state index contributed by atoms with van der Waals surface area (Å²) < 4.78 is 0. The molecule has 2 saturated carbocycles. The molecule has 0 spiro atoms. The minimum Gasteiger partial charge on any atom is -0.326 e. The molecule has 0 aliphatic heterocycles. The summed E-state index contributed by atoms with van der Waals surface area (Å²) in [5.41, 5.74) is 8.53. The molecule has 2 N–H and O–H groups in total. The second-order valence-electron chi connectivity index (χ2n) is 7.64. The van der Waals surface area contributed by atoms with Gasteiger partial charge in [0.05, 0.1) is 0 Å². The first-order valence-electron chi connectivity index (χ1n) is 8.52. The average molecular weight is 286 g/mol. The van der Waals surface area contributed by atoms with E-state index in [9.17, 15) is 0 Å². The van der Waals surface area contributed by atoms with Crippen LogP contribution in [0.25, 0.3) is 0 Å². The van der Waals surface area contributed by atoms with E-state index in [1.807, 2.05) is 0 Å². The third-order valence-corrected chi connectivity index (χ3v) is 6.05. The molecular weight excluding hydrogens is 256 g/mol. The van der Waals surface area contributed by atoms with Gasteiger partial charge in [0.25, 0.3) is 0 Å². The fourth-order valence-electron chi connectivity index (χ4n) is 4.66. The molecule has 21 heavy (non-hydrogen) atoms. The summed E-state index contributed by atoms with van der Waals surface area (Å²) in [6, 6.07) is 11.2. The molecule has 2 nitrogen and oxygen atoms in total. The van der Waals surface area contributed by atoms with Crippen LogP contribution >= 0.6 is 0 Å². The largest absolute Gasteiger partial charge is 0.326 e. The molecule has 2 aliphatic rings. The third kappa shape index (κ3) is 2.76. The Morgan fingerprint density at radius 1 is 1.24 bits per heavy atom. The Labute approximate surface area is 129 Å². The Morgan fingerprint density at radius 2 is 1.95 bits per heavy atom. The molecule has 2 fully saturated rings. The molecule has 0 amide bonds. The van der Waals surface area contributed by atoms with Gasteiger partial charge in [0.15, 0.2) is 0 Å². The first kappa shape index (κ1) is 15.1. The van der Waals surface area contributed by atoms with Crippen molar-refractivity contribution in [2.45, 2.75) is 56.5 Å². The van der Waals surface area contributed by atoms with Crippen LogP contribution in [0.1, 0.15) is 50.5 Å². The van der Waals surface area contributed by atoms with Crippen molar-refractivity contribution in [3.8, 4) is 0 Å². The van der Waals surface area contributed by atoms with Crippen LogP contribution in [0.2, 0.25) is 0 Å². The monoisotopic (exact) mass is 286 g/mol. The summed E-state index contributed by atoms with van der Waals surface area (Å²) in [6.07, 6.45) is 6.50. The maximum Gasteiger partial charge on any atom is 0.0359 e. The van der Waals surface area contributed by atoms with Gasteiger partial charge in [-0.15, -0.1) is 0 Å². The molecular formula is C19H30N2. The Bertz CT molecular complexity index is 470. The highest BCUT2D eigenvalue weighted by atomic mass is 15.2. The lowest BCUT2D eigenvalue weighted by Gasteiger charge is -2.49. The van der Waals surface area contributed by atoms with Gasteiger partial charge in [-0.05, 0) is 56.7 Å². The second-order valence-corrected chi connectivity index (χ2v) is 7.64. The highest BCUT2D eigenvalue weighted by Gasteiger charge is 2.52. The summed E-state index contributed by atoms with van der Waals surface area (Å²) in [7, 11) is 4.47. The minimum absolute atomic E-state index is 0.214. The Kier molecular flexibility index (Phi) is 4.11. The smallest absolute Gasteiger partial charge is 0.0359 e. The van der Waals surface area contributed by atoms with Gasteiger partial charge in [0.1, 0.15) is 0 Å². The fourth-order valence-corrected chi connectivity index (χ4v) is 4.66. The predicted molar refractivity (Wildman–Crippen MR) is 89.3 cm³/mol. The highest BCUT2D eigenvalue weighted by Crippen LogP contribution is 2.53. The van der Waals surface area contributed by atoms with Crippen molar-refractivity contribution in [1.82, 2.24) is 4.90 Å². The molecule has 5 atom stereocenters. The van der Waals surface area contributed by atoms with Crippen molar-refractivity contribution in [3.63, 3.8) is 0 Å². The molecule has 0 bridgehead atoms. The summed E-state index contributed by atoms with van der Waals surface area (Å²) in [5.74, 6) is 2.16. The van der Waals surface area contributed by atoms with E-state index in [2.05, 4.69) is 56.3 Å². The van der Waals surface area contributed by atoms with Crippen LogP contribution in [0, 0.1) is 11.8 Å². The summed E-state index contributed by atoms with van der Waals surface area (Å²) in [6.45, 7) is 2.39. The zero-order valence-electron chi connectivity index (χ0n) is 13.8. The maximum absolute atomic E-state index is 6.84. The van der Waals surface area contributed by atoms with Crippen LogP contribution in [0.15, 0.2) is 30.3 Å². The first-order valence-corrected chi connectivity index (χ1v) is 8.52. The van der Waals surface area contributed by atoms with Gasteiger partial charge < -0.3 is 10.6 Å². The van der Waals surface area contributed by atoms with Crippen LogP contribution < -0.4 is 5.73 Å². The van der Waals surface area contributed by atoms with E-state index in [-0.39, 0.29) is 5.54 Å². The zero-order valence-corrected chi connectivity index (χ0v) is 13.8. The lowest BCUT2D eigenvalue weighted by atomic mass is 9.70. The number of likely N-dealkylation sites (N-methyl/N-ethyl adjacent to an activating group) is 1. The van der Waals surface area contributed by atoms with E-state index >= 15 is 0 Å². The van der Waals surface area contributed by atoms with Crippen molar-refractivity contribution >= 4 is 0 Å². The average Bonchev–Trinajstić information content (AvgIpc) is 3.27. The van der Waals surface area contributed by atoms with E-state index in [0.717, 1.165) is 5.92 Å². The molecule has 1 aromatic rings. The zero-order chi connectivity index (χ0) is 15.0. The molecule has 0 radical (unpaired) electrons. The van der Waals surface area contributed by atoms with Crippen LogP contribution in [0.5, 0.6) is 0 Å². The van der Waals surface area contributed by atoms with E-state index in [4.69, 9.17) is 5.73 Å². The van der Waals surface area contributed by atoms with Crippen molar-refractivity contribution in [2.75, 3.05) is 14.1 Å². The molecule has 1 aromatic carbocycles. The van der Waals surface area contributed by atoms with Crippen molar-refractivity contribution < 1.29 is 0 Å². The van der Waals surface area contributed by atoms with Crippen LogP contribution in [0.4, 0.5) is 0 Å². The van der Waals surface area contributed by atoms with Crippen molar-refractivity contribution in [1.29, 1.82) is 0 Å². The van der Waals surface area contributed by atoms with E-state index in [0.29, 0.717) is 17.9 Å². The standard InChI is InChI=1S/C19H30N2/c1-14-8-7-11-19(13-14,21(2)3)18(20)17-12-16(17)15-9-5-4-6-10-15/h4-6,9-10,14,16-18H,7-8,11-13,20H2,1-3H3. The van der Waals surface area contributed by atoms with Gasteiger partial charge in [-0.25, -0.2) is 0 Å². The predicted octanol–water partition coefficient (Wildman–Crippen LogP) is 3.63. The Balaban J connectivity index is 1.76. The molecule has 0 heterocycles. The van der Waals surface area contributed by atoms with Crippen LogP contribution in [-0.4, -0.2) is 30.6 Å². The molecule has 0 saturated heterocycles. The van der Waals surface area contributed by atoms with Gasteiger partial charge in [-0.1, -0.05) is 50.1 Å². The lowest BCUT2D eigenvalue weighted by Crippen LogP contribution is -2.60. The Morgan fingerprint density at radius 3 is 2.57 bits per heavy atom. The minimum atomic E-state index is 0.214. The number of nitrogens with zero attached hydrogens (tertiary/aromatic N) is 1. The second kappa shape index (κ2) is 5.73.